The quantitative estimate of drug-likeness (QED) is 0.560. The van der Waals surface area contributed by atoms with Gasteiger partial charge in [-0.25, -0.2) is 4.39 Å². The zero-order chi connectivity index (χ0) is 23.8. The number of aliphatic hydroxyl groups excluding tert-OH is 1. The molecule has 1 aliphatic rings. The van der Waals surface area contributed by atoms with Gasteiger partial charge < -0.3 is 14.2 Å². The van der Waals surface area contributed by atoms with Crippen molar-refractivity contribution in [2.45, 2.75) is 36.3 Å². The number of halogens is 1. The van der Waals surface area contributed by atoms with Crippen LogP contribution < -0.4 is 4.18 Å². The Balaban J connectivity index is 1.52. The maximum atomic E-state index is 13.4. The van der Waals surface area contributed by atoms with Gasteiger partial charge in [-0.05, 0) is 60.9 Å². The van der Waals surface area contributed by atoms with E-state index in [0.717, 1.165) is 11.1 Å². The molecule has 0 aromatic heterocycles. The summed E-state index contributed by atoms with van der Waals surface area (Å²) in [5, 5.41) is 10.5. The molecule has 4 rings (SSSR count). The van der Waals surface area contributed by atoms with Gasteiger partial charge in [-0.15, -0.1) is 0 Å². The molecule has 1 aliphatic heterocycles. The molecule has 3 unspecified atom stereocenters. The van der Waals surface area contributed by atoms with Gasteiger partial charge in [0.1, 0.15) is 22.6 Å². The highest BCUT2D eigenvalue weighted by atomic mass is 32.2. The first-order chi connectivity index (χ1) is 15.7. The van der Waals surface area contributed by atoms with E-state index in [0.29, 0.717) is 12.0 Å². The van der Waals surface area contributed by atoms with Crippen LogP contribution in [0.5, 0.6) is 5.75 Å². The summed E-state index contributed by atoms with van der Waals surface area (Å²) in [7, 11) is -2.32. The fraction of sp³-hybridized carbons (Fsp3) is 0.240. The first-order valence-electron chi connectivity index (χ1n) is 10.5. The van der Waals surface area contributed by atoms with Gasteiger partial charge in [-0.1, -0.05) is 42.0 Å². The van der Waals surface area contributed by atoms with E-state index < -0.39 is 33.9 Å². The Morgan fingerprint density at radius 3 is 2.18 bits per heavy atom. The molecule has 1 fully saturated rings. The summed E-state index contributed by atoms with van der Waals surface area (Å²) >= 11 is 0. The van der Waals surface area contributed by atoms with E-state index in [1.807, 2.05) is 6.92 Å². The molecular weight excluding hydrogens is 445 g/mol. The third kappa shape index (κ3) is 4.77. The highest BCUT2D eigenvalue weighted by Gasteiger charge is 2.46. The highest BCUT2D eigenvalue weighted by Crippen LogP contribution is 2.36. The van der Waals surface area contributed by atoms with Gasteiger partial charge in [0, 0.05) is 19.0 Å². The minimum absolute atomic E-state index is 0.0689. The van der Waals surface area contributed by atoms with Crippen molar-refractivity contribution >= 4 is 16.0 Å². The van der Waals surface area contributed by atoms with E-state index in [4.69, 9.17) is 4.18 Å². The number of benzene rings is 3. The smallest absolute Gasteiger partial charge is 0.339 e. The van der Waals surface area contributed by atoms with Crippen LogP contribution in [-0.2, 0) is 21.3 Å². The summed E-state index contributed by atoms with van der Waals surface area (Å²) in [5.41, 5.74) is 2.45. The van der Waals surface area contributed by atoms with E-state index in [-0.39, 0.29) is 16.7 Å². The van der Waals surface area contributed by atoms with Crippen molar-refractivity contribution in [2.24, 2.45) is 0 Å². The Morgan fingerprint density at radius 1 is 0.970 bits per heavy atom. The number of likely N-dealkylation sites (N-methyl/N-ethyl adjacent to an activating group) is 1. The average Bonchev–Trinajstić information content (AvgIpc) is 2.99. The number of hydrogen-bond acceptors (Lipinski definition) is 5. The lowest BCUT2D eigenvalue weighted by Crippen LogP contribution is -2.33. The Hall–Kier alpha value is -3.23. The van der Waals surface area contributed by atoms with Crippen molar-refractivity contribution in [2.75, 3.05) is 7.05 Å². The molecule has 1 N–H and O–H groups in total. The molecular formula is C25H24FNO5S. The van der Waals surface area contributed by atoms with Crippen molar-refractivity contribution in [1.82, 2.24) is 4.90 Å². The SMILES string of the molecule is Cc1ccc(S(=O)(=O)Oc2ccc(CC3C(c4ccc(F)cc4)C(O)C(=O)N3C)cc2)cc1. The molecule has 8 heteroatoms. The van der Waals surface area contributed by atoms with Crippen molar-refractivity contribution in [3.8, 4) is 5.75 Å². The number of nitrogens with zero attached hydrogens (tertiary/aromatic N) is 1. The molecule has 3 aromatic carbocycles. The number of amides is 1. The van der Waals surface area contributed by atoms with Crippen LogP contribution in [0, 0.1) is 12.7 Å². The van der Waals surface area contributed by atoms with E-state index in [1.54, 1.807) is 55.6 Å². The van der Waals surface area contributed by atoms with Crippen LogP contribution in [0.3, 0.4) is 0 Å². The number of likely N-dealkylation sites (tertiary alicyclic amines) is 1. The molecule has 0 saturated carbocycles. The van der Waals surface area contributed by atoms with Crippen LogP contribution in [-0.4, -0.2) is 43.5 Å². The lowest BCUT2D eigenvalue weighted by atomic mass is 9.86. The molecule has 33 heavy (non-hydrogen) atoms. The monoisotopic (exact) mass is 469 g/mol. The van der Waals surface area contributed by atoms with Gasteiger partial charge in [-0.3, -0.25) is 4.79 Å². The van der Waals surface area contributed by atoms with Crippen molar-refractivity contribution in [1.29, 1.82) is 0 Å². The van der Waals surface area contributed by atoms with Gasteiger partial charge in [0.2, 0.25) is 0 Å². The van der Waals surface area contributed by atoms with Crippen LogP contribution >= 0.6 is 0 Å². The van der Waals surface area contributed by atoms with Gasteiger partial charge in [0.15, 0.2) is 0 Å². The van der Waals surface area contributed by atoms with Gasteiger partial charge in [0.05, 0.1) is 0 Å². The van der Waals surface area contributed by atoms with Crippen molar-refractivity contribution < 1.29 is 26.9 Å². The fourth-order valence-electron chi connectivity index (χ4n) is 4.13. The molecule has 0 spiro atoms. The van der Waals surface area contributed by atoms with Crippen LogP contribution in [0.1, 0.15) is 22.6 Å². The van der Waals surface area contributed by atoms with E-state index in [1.165, 1.54) is 29.2 Å². The number of rotatable bonds is 6. The molecule has 0 radical (unpaired) electrons. The third-order valence-electron chi connectivity index (χ3n) is 5.99. The Morgan fingerprint density at radius 2 is 1.58 bits per heavy atom. The number of carbonyl (C=O) groups excluding carboxylic acids is 1. The molecule has 3 aromatic rings. The van der Waals surface area contributed by atoms with Crippen molar-refractivity contribution in [3.05, 3.63) is 95.3 Å². The summed E-state index contributed by atoms with van der Waals surface area (Å²) in [4.78, 5) is 14.0. The molecule has 172 valence electrons. The summed E-state index contributed by atoms with van der Waals surface area (Å²) in [6.45, 7) is 1.87. The second-order valence-corrected chi connectivity index (χ2v) is 9.78. The normalized spacial score (nSPS) is 20.8. The van der Waals surface area contributed by atoms with E-state index >= 15 is 0 Å². The maximum absolute atomic E-state index is 13.4. The second-order valence-electron chi connectivity index (χ2n) is 8.24. The maximum Gasteiger partial charge on any atom is 0.339 e. The molecule has 1 heterocycles. The molecule has 6 nitrogen and oxygen atoms in total. The molecule has 0 aliphatic carbocycles. The molecule has 0 bridgehead atoms. The van der Waals surface area contributed by atoms with Gasteiger partial charge in [0.25, 0.3) is 5.91 Å². The summed E-state index contributed by atoms with van der Waals surface area (Å²) in [5.74, 6) is -1.12. The second kappa shape index (κ2) is 8.96. The zero-order valence-corrected chi connectivity index (χ0v) is 19.0. The van der Waals surface area contributed by atoms with Gasteiger partial charge >= 0.3 is 10.1 Å². The minimum Gasteiger partial charge on any atom is -0.383 e. The number of hydrogen-bond donors (Lipinski definition) is 1. The number of carbonyl (C=O) groups is 1. The van der Waals surface area contributed by atoms with Gasteiger partial charge in [-0.2, -0.15) is 8.42 Å². The van der Waals surface area contributed by atoms with E-state index in [9.17, 15) is 22.7 Å². The van der Waals surface area contributed by atoms with Crippen molar-refractivity contribution in [3.63, 3.8) is 0 Å². The predicted octanol–water partition coefficient (Wildman–Crippen LogP) is 3.43. The Bertz CT molecular complexity index is 1240. The lowest BCUT2D eigenvalue weighted by Gasteiger charge is -2.25. The standard InChI is InChI=1S/C25H24FNO5S/c1-16-3-13-21(14-4-16)33(30,31)32-20-11-5-17(6-12-20)15-22-23(24(28)25(29)27(22)2)18-7-9-19(26)10-8-18/h3-14,22-24,28H,15H2,1-2H3. The molecule has 1 saturated heterocycles. The Kier molecular flexibility index (Phi) is 6.23. The van der Waals surface area contributed by atoms with Crippen LogP contribution in [0.25, 0.3) is 0 Å². The molecule has 3 atom stereocenters. The summed E-state index contributed by atoms with van der Waals surface area (Å²) in [6.07, 6.45) is -0.792. The lowest BCUT2D eigenvalue weighted by molar-refractivity contribution is -0.134. The number of aliphatic hydroxyl groups is 1. The number of aryl methyl sites for hydroxylation is 1. The summed E-state index contributed by atoms with van der Waals surface area (Å²) in [6, 6.07) is 18.4. The predicted molar refractivity (Wildman–Crippen MR) is 121 cm³/mol. The van der Waals surface area contributed by atoms with Crippen LogP contribution in [0.15, 0.2) is 77.7 Å². The third-order valence-corrected chi connectivity index (χ3v) is 7.25. The summed E-state index contributed by atoms with van der Waals surface area (Å²) < 4.78 is 43.6. The highest BCUT2D eigenvalue weighted by molar-refractivity contribution is 7.87. The average molecular weight is 470 g/mol. The zero-order valence-electron chi connectivity index (χ0n) is 18.2. The van der Waals surface area contributed by atoms with Crippen LogP contribution in [0.2, 0.25) is 0 Å². The first kappa shape index (κ1) is 22.9. The minimum atomic E-state index is -3.95. The fourth-order valence-corrected chi connectivity index (χ4v) is 5.06. The Labute approximate surface area is 192 Å². The van der Waals surface area contributed by atoms with E-state index in [2.05, 4.69) is 0 Å². The largest absolute Gasteiger partial charge is 0.383 e. The topological polar surface area (TPSA) is 83.9 Å². The molecule has 1 amide bonds. The first-order valence-corrected chi connectivity index (χ1v) is 11.9. The van der Waals surface area contributed by atoms with Crippen LogP contribution in [0.4, 0.5) is 4.39 Å².